The molecule has 0 bridgehead atoms. The maximum Gasteiger partial charge on any atom is 0.224 e. The molecule has 6 aromatic rings. The van der Waals surface area contributed by atoms with E-state index in [-0.39, 0.29) is 5.91 Å². The molecule has 0 saturated heterocycles. The fourth-order valence-corrected chi connectivity index (χ4v) is 4.42. The summed E-state index contributed by atoms with van der Waals surface area (Å²) in [5.41, 5.74) is 5.51. The van der Waals surface area contributed by atoms with Gasteiger partial charge in [-0.05, 0) is 36.8 Å². The van der Waals surface area contributed by atoms with E-state index < -0.39 is 5.82 Å². The monoisotopic (exact) mass is 506 g/mol. The van der Waals surface area contributed by atoms with Crippen LogP contribution in [0.1, 0.15) is 26.2 Å². The average molecular weight is 507 g/mol. The van der Waals surface area contributed by atoms with Crippen molar-refractivity contribution in [1.29, 1.82) is 0 Å². The number of aromatic amines is 2. The lowest BCUT2D eigenvalue weighted by Gasteiger charge is -2.08. The van der Waals surface area contributed by atoms with E-state index in [4.69, 9.17) is 4.98 Å². The summed E-state index contributed by atoms with van der Waals surface area (Å²) in [5, 5.41) is 10.9. The number of halogens is 1. The number of fused-ring (bicyclic) bond motifs is 2. The van der Waals surface area contributed by atoms with Crippen molar-refractivity contribution < 1.29 is 9.18 Å². The first-order valence-corrected chi connectivity index (χ1v) is 12.3. The van der Waals surface area contributed by atoms with Gasteiger partial charge in [0, 0.05) is 59.4 Å². The molecule has 0 radical (unpaired) electrons. The number of unbranched alkanes of at least 4 members (excludes halogenated alkanes) is 1. The summed E-state index contributed by atoms with van der Waals surface area (Å²) in [5.74, 6) is -0.00230. The van der Waals surface area contributed by atoms with Crippen LogP contribution in [-0.4, -0.2) is 41.0 Å². The van der Waals surface area contributed by atoms with E-state index in [0.29, 0.717) is 56.9 Å². The SMILES string of the molecule is CCCCC(=O)Nc1cncc(-c2cc3c(-c4nc5c(-c6cccnc6)nccc5[nH]4)n[nH]c3cc2F)c1. The van der Waals surface area contributed by atoms with Crippen LogP contribution in [0.5, 0.6) is 0 Å². The van der Waals surface area contributed by atoms with E-state index in [2.05, 4.69) is 35.5 Å². The Labute approximate surface area is 216 Å². The fraction of sp³-hybridized carbons (Fsp3) is 0.143. The molecule has 0 aliphatic carbocycles. The van der Waals surface area contributed by atoms with Crippen molar-refractivity contribution in [2.24, 2.45) is 0 Å². The minimum Gasteiger partial charge on any atom is -0.336 e. The molecule has 0 spiro atoms. The van der Waals surface area contributed by atoms with Gasteiger partial charge in [-0.1, -0.05) is 13.3 Å². The van der Waals surface area contributed by atoms with Crippen LogP contribution in [0.15, 0.2) is 67.4 Å². The number of imidazole rings is 1. The molecule has 0 aliphatic rings. The molecule has 38 heavy (non-hydrogen) atoms. The van der Waals surface area contributed by atoms with E-state index in [1.54, 1.807) is 43.1 Å². The molecule has 0 unspecified atom stereocenters. The highest BCUT2D eigenvalue weighted by Gasteiger charge is 2.18. The van der Waals surface area contributed by atoms with Gasteiger partial charge in [-0.15, -0.1) is 0 Å². The van der Waals surface area contributed by atoms with Crippen LogP contribution in [0.3, 0.4) is 0 Å². The number of amides is 1. The summed E-state index contributed by atoms with van der Waals surface area (Å²) < 4.78 is 15.2. The minimum atomic E-state index is -0.434. The first-order valence-electron chi connectivity index (χ1n) is 12.3. The Kier molecular flexibility index (Phi) is 6.04. The number of pyridine rings is 3. The average Bonchev–Trinajstić information content (AvgIpc) is 3.55. The highest BCUT2D eigenvalue weighted by atomic mass is 19.1. The molecule has 0 atom stereocenters. The third-order valence-electron chi connectivity index (χ3n) is 6.30. The lowest BCUT2D eigenvalue weighted by atomic mass is 10.0. The predicted octanol–water partition coefficient (Wildman–Crippen LogP) is 5.89. The molecule has 1 aromatic carbocycles. The van der Waals surface area contributed by atoms with Crippen LogP contribution < -0.4 is 5.32 Å². The van der Waals surface area contributed by atoms with Gasteiger partial charge in [0.25, 0.3) is 0 Å². The minimum absolute atomic E-state index is 0.0936. The predicted molar refractivity (Wildman–Crippen MR) is 144 cm³/mol. The molecule has 5 heterocycles. The molecule has 3 N–H and O–H groups in total. The Bertz CT molecular complexity index is 1780. The summed E-state index contributed by atoms with van der Waals surface area (Å²) in [6.45, 7) is 2.03. The zero-order valence-corrected chi connectivity index (χ0v) is 20.5. The Morgan fingerprint density at radius 1 is 1.00 bits per heavy atom. The molecule has 5 aromatic heterocycles. The second kappa shape index (κ2) is 9.81. The van der Waals surface area contributed by atoms with Gasteiger partial charge < -0.3 is 10.3 Å². The third-order valence-corrected chi connectivity index (χ3v) is 6.30. The number of carbonyl (C=O) groups is 1. The van der Waals surface area contributed by atoms with E-state index >= 15 is 4.39 Å². The van der Waals surface area contributed by atoms with E-state index in [1.807, 2.05) is 25.1 Å². The van der Waals surface area contributed by atoms with E-state index in [1.165, 1.54) is 6.07 Å². The molecular weight excluding hydrogens is 483 g/mol. The Balaban J connectivity index is 1.40. The number of nitrogens with one attached hydrogen (secondary N) is 3. The quantitative estimate of drug-likeness (QED) is 0.248. The molecule has 10 heteroatoms. The normalized spacial score (nSPS) is 11.3. The molecule has 0 aliphatic heterocycles. The van der Waals surface area contributed by atoms with Gasteiger partial charge in [0.1, 0.15) is 17.0 Å². The lowest BCUT2D eigenvalue weighted by molar-refractivity contribution is -0.116. The summed E-state index contributed by atoms with van der Waals surface area (Å²) in [4.78, 5) is 33.2. The first kappa shape index (κ1) is 23.4. The van der Waals surface area contributed by atoms with Crippen LogP contribution in [0.4, 0.5) is 10.1 Å². The topological polar surface area (TPSA) is 125 Å². The number of benzene rings is 1. The summed E-state index contributed by atoms with van der Waals surface area (Å²) in [7, 11) is 0. The van der Waals surface area contributed by atoms with Crippen molar-refractivity contribution >= 4 is 33.5 Å². The van der Waals surface area contributed by atoms with E-state index in [0.717, 1.165) is 23.9 Å². The van der Waals surface area contributed by atoms with Crippen LogP contribution in [-0.2, 0) is 4.79 Å². The number of aromatic nitrogens is 7. The Morgan fingerprint density at radius 2 is 1.89 bits per heavy atom. The van der Waals surface area contributed by atoms with Gasteiger partial charge in [-0.2, -0.15) is 5.10 Å². The van der Waals surface area contributed by atoms with Crippen molar-refractivity contribution in [2.75, 3.05) is 5.32 Å². The van der Waals surface area contributed by atoms with Gasteiger partial charge in [0.2, 0.25) is 5.91 Å². The molecule has 0 fully saturated rings. The number of carbonyl (C=O) groups excluding carboxylic acids is 1. The summed E-state index contributed by atoms with van der Waals surface area (Å²) in [6.07, 6.45) is 10.4. The van der Waals surface area contributed by atoms with Crippen LogP contribution in [0.25, 0.3) is 55.8 Å². The van der Waals surface area contributed by atoms with Gasteiger partial charge in [-0.25, -0.2) is 9.37 Å². The Hall–Kier alpha value is -4.99. The zero-order chi connectivity index (χ0) is 26.1. The fourth-order valence-electron chi connectivity index (χ4n) is 4.42. The summed E-state index contributed by atoms with van der Waals surface area (Å²) >= 11 is 0. The molecule has 188 valence electrons. The van der Waals surface area contributed by atoms with Crippen LogP contribution in [0, 0.1) is 5.82 Å². The van der Waals surface area contributed by atoms with Crippen molar-refractivity contribution in [3.8, 4) is 33.9 Å². The highest BCUT2D eigenvalue weighted by Crippen LogP contribution is 2.34. The third kappa shape index (κ3) is 4.36. The maximum atomic E-state index is 15.2. The number of H-pyrrole nitrogens is 2. The van der Waals surface area contributed by atoms with Gasteiger partial charge in [0.15, 0.2) is 5.82 Å². The lowest BCUT2D eigenvalue weighted by Crippen LogP contribution is -2.11. The van der Waals surface area contributed by atoms with Crippen LogP contribution in [0.2, 0.25) is 0 Å². The zero-order valence-electron chi connectivity index (χ0n) is 20.5. The molecule has 6 rings (SSSR count). The smallest absolute Gasteiger partial charge is 0.224 e. The van der Waals surface area contributed by atoms with Gasteiger partial charge in [0.05, 0.1) is 28.6 Å². The maximum absolute atomic E-state index is 15.2. The van der Waals surface area contributed by atoms with Crippen molar-refractivity contribution in [3.63, 3.8) is 0 Å². The largest absolute Gasteiger partial charge is 0.336 e. The first-order chi connectivity index (χ1) is 18.6. The molecular formula is C28H23FN8O. The molecule has 9 nitrogen and oxygen atoms in total. The number of anilines is 1. The standard InChI is InChI=1S/C28H23FN8O/c1-2-3-6-24(38)33-18-10-17(14-31-15-18)19-11-20-23(12-21(19)29)36-37-26(20)28-34-22-7-9-32-25(27(22)35-28)16-5-4-8-30-13-16/h4-5,7-15H,2-3,6H2,1H3,(H,33,38)(H,34,35)(H,36,37). The second-order valence-electron chi connectivity index (χ2n) is 8.95. The second-order valence-corrected chi connectivity index (χ2v) is 8.95. The highest BCUT2D eigenvalue weighted by molar-refractivity contribution is 5.98. The van der Waals surface area contributed by atoms with Crippen molar-refractivity contribution in [2.45, 2.75) is 26.2 Å². The van der Waals surface area contributed by atoms with Crippen molar-refractivity contribution in [3.05, 3.63) is 73.2 Å². The number of rotatable bonds is 7. The molecule has 1 amide bonds. The van der Waals surface area contributed by atoms with Crippen molar-refractivity contribution in [1.82, 2.24) is 35.1 Å². The van der Waals surface area contributed by atoms with Gasteiger partial charge >= 0.3 is 0 Å². The molecule has 0 saturated carbocycles. The van der Waals surface area contributed by atoms with Gasteiger partial charge in [-0.3, -0.25) is 24.8 Å². The number of nitrogens with zero attached hydrogens (tertiary/aromatic N) is 5. The van der Waals surface area contributed by atoms with E-state index in [9.17, 15) is 4.79 Å². The van der Waals surface area contributed by atoms with Crippen LogP contribution >= 0.6 is 0 Å². The number of hydrogen-bond acceptors (Lipinski definition) is 6. The summed E-state index contributed by atoms with van der Waals surface area (Å²) in [6, 6.07) is 10.5. The number of hydrogen-bond donors (Lipinski definition) is 3. The Morgan fingerprint density at radius 3 is 2.74 bits per heavy atom.